The first-order valence-corrected chi connectivity index (χ1v) is 6.48. The number of anilines is 1. The number of para-hydroxylation sites is 1. The maximum Gasteiger partial charge on any atom is 0.172 e. The molecule has 0 spiro atoms. The summed E-state index contributed by atoms with van der Waals surface area (Å²) in [5, 5.41) is 12.0. The van der Waals surface area contributed by atoms with Crippen LogP contribution in [0.4, 0.5) is 5.69 Å². The van der Waals surface area contributed by atoms with Gasteiger partial charge < -0.3 is 15.8 Å². The Labute approximate surface area is 108 Å². The van der Waals surface area contributed by atoms with Crippen LogP contribution >= 0.6 is 0 Å². The van der Waals surface area contributed by atoms with Crippen LogP contribution in [0.5, 0.6) is 0 Å². The Morgan fingerprint density at radius 1 is 1.39 bits per heavy atom. The van der Waals surface area contributed by atoms with Crippen LogP contribution in [0.1, 0.15) is 32.3 Å². The molecule has 1 aliphatic rings. The lowest BCUT2D eigenvalue weighted by molar-refractivity contribution is 0.318. The molecule has 0 saturated carbocycles. The highest BCUT2D eigenvalue weighted by atomic mass is 16.4. The molecular weight excluding hydrogens is 226 g/mol. The van der Waals surface area contributed by atoms with Crippen LogP contribution in [0.15, 0.2) is 29.4 Å². The first-order valence-electron chi connectivity index (χ1n) is 6.48. The smallest absolute Gasteiger partial charge is 0.172 e. The fourth-order valence-electron chi connectivity index (χ4n) is 2.67. The third kappa shape index (κ3) is 2.28. The standard InChI is InChI=1S/C14H21N3O/c1-10-6-5-9-17(11(10)2)13-8-4-3-7-12(13)14(15)16-18/h3-4,7-8,10-11,18H,5-6,9H2,1-2H3,(H2,15,16). The van der Waals surface area contributed by atoms with E-state index in [4.69, 9.17) is 10.9 Å². The van der Waals surface area contributed by atoms with Crippen LogP contribution in [-0.4, -0.2) is 23.6 Å². The minimum absolute atomic E-state index is 0.177. The molecule has 0 aliphatic carbocycles. The number of oxime groups is 1. The molecule has 1 aliphatic heterocycles. The van der Waals surface area contributed by atoms with Crippen molar-refractivity contribution in [2.75, 3.05) is 11.4 Å². The van der Waals surface area contributed by atoms with Gasteiger partial charge in [-0.05, 0) is 37.8 Å². The van der Waals surface area contributed by atoms with Gasteiger partial charge in [0.05, 0.1) is 0 Å². The number of rotatable bonds is 2. The van der Waals surface area contributed by atoms with Crippen molar-refractivity contribution in [2.45, 2.75) is 32.7 Å². The molecule has 2 atom stereocenters. The summed E-state index contributed by atoms with van der Waals surface area (Å²) in [6, 6.07) is 8.33. The van der Waals surface area contributed by atoms with E-state index in [1.807, 2.05) is 24.3 Å². The average molecular weight is 247 g/mol. The van der Waals surface area contributed by atoms with Crippen molar-refractivity contribution in [3.05, 3.63) is 29.8 Å². The first kappa shape index (κ1) is 12.7. The normalized spacial score (nSPS) is 25.2. The number of hydrogen-bond acceptors (Lipinski definition) is 3. The molecule has 3 N–H and O–H groups in total. The molecule has 2 unspecified atom stereocenters. The van der Waals surface area contributed by atoms with E-state index in [0.717, 1.165) is 17.8 Å². The van der Waals surface area contributed by atoms with Gasteiger partial charge in [0.2, 0.25) is 0 Å². The zero-order valence-corrected chi connectivity index (χ0v) is 11.0. The van der Waals surface area contributed by atoms with Gasteiger partial charge in [0.1, 0.15) is 0 Å². The van der Waals surface area contributed by atoms with E-state index < -0.39 is 0 Å². The summed E-state index contributed by atoms with van der Waals surface area (Å²) in [6.07, 6.45) is 2.46. The topological polar surface area (TPSA) is 61.8 Å². The fourth-order valence-corrected chi connectivity index (χ4v) is 2.67. The minimum Gasteiger partial charge on any atom is -0.409 e. The summed E-state index contributed by atoms with van der Waals surface area (Å²) in [4.78, 5) is 2.36. The molecule has 4 nitrogen and oxygen atoms in total. The Morgan fingerprint density at radius 3 is 2.83 bits per heavy atom. The van der Waals surface area contributed by atoms with Crippen LogP contribution in [0, 0.1) is 5.92 Å². The summed E-state index contributed by atoms with van der Waals surface area (Å²) < 4.78 is 0. The summed E-state index contributed by atoms with van der Waals surface area (Å²) in [6.45, 7) is 5.55. The maximum absolute atomic E-state index is 8.87. The average Bonchev–Trinajstić information content (AvgIpc) is 2.41. The van der Waals surface area contributed by atoms with Gasteiger partial charge in [-0.1, -0.05) is 24.2 Å². The molecule has 4 heteroatoms. The molecule has 1 aromatic carbocycles. The third-order valence-electron chi connectivity index (χ3n) is 3.97. The third-order valence-corrected chi connectivity index (χ3v) is 3.97. The van der Waals surface area contributed by atoms with Crippen molar-refractivity contribution >= 4 is 11.5 Å². The van der Waals surface area contributed by atoms with Gasteiger partial charge in [-0.2, -0.15) is 0 Å². The number of piperidine rings is 1. The molecule has 1 heterocycles. The summed E-state index contributed by atoms with van der Waals surface area (Å²) in [5.74, 6) is 0.843. The summed E-state index contributed by atoms with van der Waals surface area (Å²) in [7, 11) is 0. The molecule has 0 aromatic heterocycles. The predicted molar refractivity (Wildman–Crippen MR) is 74.2 cm³/mol. The Morgan fingerprint density at radius 2 is 2.11 bits per heavy atom. The molecule has 0 radical (unpaired) electrons. The van der Waals surface area contributed by atoms with Crippen molar-refractivity contribution in [1.82, 2.24) is 0 Å². The van der Waals surface area contributed by atoms with Gasteiger partial charge in [-0.3, -0.25) is 0 Å². The number of nitrogens with two attached hydrogens (primary N) is 1. The second kappa shape index (κ2) is 5.29. The summed E-state index contributed by atoms with van der Waals surface area (Å²) in [5.41, 5.74) is 7.62. The monoisotopic (exact) mass is 247 g/mol. The van der Waals surface area contributed by atoms with Gasteiger partial charge >= 0.3 is 0 Å². The van der Waals surface area contributed by atoms with Crippen molar-refractivity contribution < 1.29 is 5.21 Å². The summed E-state index contributed by atoms with van der Waals surface area (Å²) >= 11 is 0. The van der Waals surface area contributed by atoms with Gasteiger partial charge in [-0.15, -0.1) is 0 Å². The van der Waals surface area contributed by atoms with Crippen LogP contribution in [0.3, 0.4) is 0 Å². The van der Waals surface area contributed by atoms with E-state index in [1.54, 1.807) is 0 Å². The van der Waals surface area contributed by atoms with Crippen molar-refractivity contribution in [3.63, 3.8) is 0 Å². The van der Waals surface area contributed by atoms with Crippen LogP contribution in [-0.2, 0) is 0 Å². The van der Waals surface area contributed by atoms with Crippen LogP contribution in [0.2, 0.25) is 0 Å². The van der Waals surface area contributed by atoms with Crippen molar-refractivity contribution in [2.24, 2.45) is 16.8 Å². The Balaban J connectivity index is 2.38. The molecule has 0 amide bonds. The zero-order chi connectivity index (χ0) is 13.1. The molecule has 1 fully saturated rings. The molecule has 0 bridgehead atoms. The predicted octanol–water partition coefficient (Wildman–Crippen LogP) is 2.41. The number of nitrogens with zero attached hydrogens (tertiary/aromatic N) is 2. The molecule has 1 aromatic rings. The number of hydrogen-bond donors (Lipinski definition) is 2. The Kier molecular flexibility index (Phi) is 3.75. The molecular formula is C14H21N3O. The largest absolute Gasteiger partial charge is 0.409 e. The SMILES string of the molecule is CC1CCCN(c2ccccc2C(N)=NO)C1C. The van der Waals surface area contributed by atoms with Gasteiger partial charge in [0.15, 0.2) is 5.84 Å². The lowest BCUT2D eigenvalue weighted by Gasteiger charge is -2.40. The Bertz CT molecular complexity index is 444. The van der Waals surface area contributed by atoms with E-state index in [9.17, 15) is 0 Å². The minimum atomic E-state index is 0.177. The molecule has 1 saturated heterocycles. The highest BCUT2D eigenvalue weighted by Gasteiger charge is 2.26. The maximum atomic E-state index is 8.87. The van der Waals surface area contributed by atoms with Gasteiger partial charge in [0.25, 0.3) is 0 Å². The highest BCUT2D eigenvalue weighted by molar-refractivity contribution is 6.02. The van der Waals surface area contributed by atoms with Crippen LogP contribution < -0.4 is 10.6 Å². The van der Waals surface area contributed by atoms with E-state index in [0.29, 0.717) is 12.0 Å². The number of benzene rings is 1. The van der Waals surface area contributed by atoms with Crippen molar-refractivity contribution in [3.8, 4) is 0 Å². The van der Waals surface area contributed by atoms with Gasteiger partial charge in [0, 0.05) is 23.8 Å². The lowest BCUT2D eigenvalue weighted by Crippen LogP contribution is -2.43. The van der Waals surface area contributed by atoms with Crippen LogP contribution in [0.25, 0.3) is 0 Å². The van der Waals surface area contributed by atoms with E-state index in [2.05, 4.69) is 23.9 Å². The molecule has 98 valence electrons. The second-order valence-electron chi connectivity index (χ2n) is 5.06. The molecule has 2 rings (SSSR count). The fraction of sp³-hybridized carbons (Fsp3) is 0.500. The number of amidine groups is 1. The lowest BCUT2D eigenvalue weighted by atomic mass is 9.91. The van der Waals surface area contributed by atoms with E-state index in [1.165, 1.54) is 12.8 Å². The van der Waals surface area contributed by atoms with Gasteiger partial charge in [-0.25, -0.2) is 0 Å². The second-order valence-corrected chi connectivity index (χ2v) is 5.06. The first-order chi connectivity index (χ1) is 8.65. The Hall–Kier alpha value is -1.71. The zero-order valence-electron chi connectivity index (χ0n) is 11.0. The van der Waals surface area contributed by atoms with E-state index >= 15 is 0 Å². The highest BCUT2D eigenvalue weighted by Crippen LogP contribution is 2.30. The van der Waals surface area contributed by atoms with Crippen molar-refractivity contribution in [1.29, 1.82) is 0 Å². The van der Waals surface area contributed by atoms with E-state index in [-0.39, 0.29) is 5.84 Å². The molecule has 18 heavy (non-hydrogen) atoms. The quantitative estimate of drug-likeness (QED) is 0.365.